The Bertz CT molecular complexity index is 851. The molecule has 0 aromatic heterocycles. The second-order valence-electron chi connectivity index (χ2n) is 7.93. The summed E-state index contributed by atoms with van der Waals surface area (Å²) in [6, 6.07) is 18.0. The number of methoxy groups -OCH3 is 1. The lowest BCUT2D eigenvalue weighted by molar-refractivity contribution is -0.146. The van der Waals surface area contributed by atoms with Crippen LogP contribution >= 0.6 is 0 Å². The molecule has 3 rings (SSSR count). The minimum atomic E-state index is -0.816. The number of Topliss-reactive ketones (excluding diaryl/α,β-unsaturated/α-hetero) is 1. The van der Waals surface area contributed by atoms with Crippen LogP contribution in [0.1, 0.15) is 49.3 Å². The fraction of sp³-hybridized carbons (Fsp3) is 0.360. The van der Waals surface area contributed by atoms with Crippen LogP contribution in [0.3, 0.4) is 0 Å². The molecule has 1 aliphatic carbocycles. The zero-order chi connectivity index (χ0) is 20.1. The van der Waals surface area contributed by atoms with Gasteiger partial charge in [-0.05, 0) is 54.9 Å². The first-order valence-electron chi connectivity index (χ1n) is 9.88. The number of carbonyl (C=O) groups is 2. The third kappa shape index (κ3) is 4.24. The first kappa shape index (κ1) is 20.1. The summed E-state index contributed by atoms with van der Waals surface area (Å²) in [6.07, 6.45) is 3.96. The van der Waals surface area contributed by atoms with Crippen molar-refractivity contribution < 1.29 is 14.3 Å². The molecule has 2 unspecified atom stereocenters. The molecule has 3 heteroatoms. The molecule has 0 aliphatic heterocycles. The molecule has 2 aromatic rings. The molecule has 0 radical (unpaired) electrons. The van der Waals surface area contributed by atoms with Gasteiger partial charge in [0.15, 0.2) is 0 Å². The Balaban J connectivity index is 1.81. The second-order valence-corrected chi connectivity index (χ2v) is 7.93. The van der Waals surface area contributed by atoms with E-state index in [1.165, 1.54) is 7.11 Å². The number of esters is 1. The maximum atomic E-state index is 12.7. The summed E-state index contributed by atoms with van der Waals surface area (Å²) in [7, 11) is 1.42. The van der Waals surface area contributed by atoms with E-state index in [1.54, 1.807) is 0 Å². The molecule has 0 saturated heterocycles. The van der Waals surface area contributed by atoms with Gasteiger partial charge in [-0.2, -0.15) is 0 Å². The Hall–Kier alpha value is -2.68. The minimum absolute atomic E-state index is 0.149. The number of hydrogen-bond donors (Lipinski definition) is 0. The summed E-state index contributed by atoms with van der Waals surface area (Å²) < 4.78 is 5.13. The second kappa shape index (κ2) is 8.55. The molecule has 2 atom stereocenters. The molecule has 1 saturated carbocycles. The molecule has 1 aliphatic rings. The highest BCUT2D eigenvalue weighted by atomic mass is 16.5. The van der Waals surface area contributed by atoms with Gasteiger partial charge in [-0.15, -0.1) is 0 Å². The fourth-order valence-electron chi connectivity index (χ4n) is 4.12. The van der Waals surface area contributed by atoms with Gasteiger partial charge in [0.05, 0.1) is 12.5 Å². The van der Waals surface area contributed by atoms with E-state index in [0.717, 1.165) is 41.5 Å². The van der Waals surface area contributed by atoms with Gasteiger partial charge >= 0.3 is 5.97 Å². The van der Waals surface area contributed by atoms with Crippen LogP contribution in [0.4, 0.5) is 0 Å². The summed E-state index contributed by atoms with van der Waals surface area (Å²) in [6.45, 7) is 6.11. The Labute approximate surface area is 167 Å². The molecule has 2 aromatic carbocycles. The van der Waals surface area contributed by atoms with E-state index in [9.17, 15) is 9.59 Å². The number of allylic oxidation sites excluding steroid dienone is 1. The van der Waals surface area contributed by atoms with Crippen LogP contribution in [0.25, 0.3) is 5.57 Å². The standard InChI is InChI=1S/C25H28O3/c1-18(20-8-5-4-6-9-20)17-25(2,24(27)28-3)22-14-12-19(13-15-22)16-21-10-7-11-23(21)26/h4-6,8-9,12-15,21H,1,7,10-11,16-17H2,2-3H3. The lowest BCUT2D eigenvalue weighted by Crippen LogP contribution is -2.34. The van der Waals surface area contributed by atoms with E-state index in [2.05, 4.69) is 6.58 Å². The monoisotopic (exact) mass is 376 g/mol. The van der Waals surface area contributed by atoms with E-state index in [0.29, 0.717) is 18.6 Å². The van der Waals surface area contributed by atoms with Gasteiger partial charge in [-0.25, -0.2) is 0 Å². The summed E-state index contributed by atoms with van der Waals surface area (Å²) >= 11 is 0. The molecule has 1 fully saturated rings. The first-order chi connectivity index (χ1) is 13.4. The van der Waals surface area contributed by atoms with Crippen molar-refractivity contribution in [2.45, 2.75) is 44.4 Å². The molecule has 146 valence electrons. The predicted octanol–water partition coefficient (Wildman–Crippen LogP) is 5.13. The number of benzene rings is 2. The normalized spacial score (nSPS) is 18.5. The molecule has 0 spiro atoms. The average molecular weight is 376 g/mol. The number of rotatable bonds is 7. The third-order valence-corrected chi connectivity index (χ3v) is 5.89. The summed E-state index contributed by atoms with van der Waals surface area (Å²) in [5.41, 5.74) is 3.14. The highest BCUT2D eigenvalue weighted by Gasteiger charge is 2.37. The number of hydrogen-bond acceptors (Lipinski definition) is 3. The Morgan fingerprint density at radius 1 is 1.14 bits per heavy atom. The van der Waals surface area contributed by atoms with Crippen molar-refractivity contribution in [1.29, 1.82) is 0 Å². The largest absolute Gasteiger partial charge is 0.468 e. The number of ether oxygens (including phenoxy) is 1. The maximum Gasteiger partial charge on any atom is 0.316 e. The van der Waals surface area contributed by atoms with Gasteiger partial charge in [0.25, 0.3) is 0 Å². The summed E-state index contributed by atoms with van der Waals surface area (Å²) in [5, 5.41) is 0. The van der Waals surface area contributed by atoms with Crippen LogP contribution < -0.4 is 0 Å². The van der Waals surface area contributed by atoms with Gasteiger partial charge in [0, 0.05) is 12.3 Å². The van der Waals surface area contributed by atoms with Gasteiger partial charge in [0.1, 0.15) is 5.78 Å². The van der Waals surface area contributed by atoms with Gasteiger partial charge in [-0.3, -0.25) is 9.59 Å². The van der Waals surface area contributed by atoms with E-state index in [1.807, 2.05) is 61.5 Å². The van der Waals surface area contributed by atoms with Crippen molar-refractivity contribution in [1.82, 2.24) is 0 Å². The van der Waals surface area contributed by atoms with Gasteiger partial charge in [0.2, 0.25) is 0 Å². The van der Waals surface area contributed by atoms with Crippen LogP contribution in [0.15, 0.2) is 61.2 Å². The molecule has 0 N–H and O–H groups in total. The van der Waals surface area contributed by atoms with E-state index >= 15 is 0 Å². The third-order valence-electron chi connectivity index (χ3n) is 5.89. The lowest BCUT2D eigenvalue weighted by Gasteiger charge is -2.28. The van der Waals surface area contributed by atoms with Crippen molar-refractivity contribution in [2.24, 2.45) is 5.92 Å². The first-order valence-corrected chi connectivity index (χ1v) is 9.88. The molecule has 0 bridgehead atoms. The highest BCUT2D eigenvalue weighted by Crippen LogP contribution is 2.36. The summed E-state index contributed by atoms with van der Waals surface area (Å²) in [4.78, 5) is 24.6. The van der Waals surface area contributed by atoms with Crippen molar-refractivity contribution in [2.75, 3.05) is 7.11 Å². The molecule has 0 amide bonds. The van der Waals surface area contributed by atoms with E-state index < -0.39 is 5.41 Å². The predicted molar refractivity (Wildman–Crippen MR) is 112 cm³/mol. The maximum absolute atomic E-state index is 12.7. The quantitative estimate of drug-likeness (QED) is 0.629. The summed E-state index contributed by atoms with van der Waals surface area (Å²) in [5.74, 6) is 0.252. The van der Waals surface area contributed by atoms with Crippen LogP contribution in [0, 0.1) is 5.92 Å². The average Bonchev–Trinajstić information content (AvgIpc) is 3.12. The highest BCUT2D eigenvalue weighted by molar-refractivity contribution is 5.86. The van der Waals surface area contributed by atoms with Gasteiger partial charge < -0.3 is 4.74 Å². The zero-order valence-electron chi connectivity index (χ0n) is 16.7. The van der Waals surface area contributed by atoms with Crippen molar-refractivity contribution in [3.05, 3.63) is 77.9 Å². The van der Waals surface area contributed by atoms with Crippen LogP contribution in [-0.2, 0) is 26.2 Å². The molecular formula is C25H28O3. The van der Waals surface area contributed by atoms with Gasteiger partial charge in [-0.1, -0.05) is 61.2 Å². The molecule has 3 nitrogen and oxygen atoms in total. The Kier molecular flexibility index (Phi) is 6.13. The van der Waals surface area contributed by atoms with Crippen LogP contribution in [0.2, 0.25) is 0 Å². The number of ketones is 1. The lowest BCUT2D eigenvalue weighted by atomic mass is 9.76. The molecular weight excluding hydrogens is 348 g/mol. The minimum Gasteiger partial charge on any atom is -0.468 e. The van der Waals surface area contributed by atoms with E-state index in [4.69, 9.17) is 4.74 Å². The van der Waals surface area contributed by atoms with Crippen molar-refractivity contribution in [3.63, 3.8) is 0 Å². The smallest absolute Gasteiger partial charge is 0.316 e. The molecule has 0 heterocycles. The van der Waals surface area contributed by atoms with Crippen molar-refractivity contribution >= 4 is 17.3 Å². The Morgan fingerprint density at radius 3 is 2.39 bits per heavy atom. The number of carbonyl (C=O) groups excluding carboxylic acids is 2. The topological polar surface area (TPSA) is 43.4 Å². The zero-order valence-corrected chi connectivity index (χ0v) is 16.7. The fourth-order valence-corrected chi connectivity index (χ4v) is 4.12. The molecule has 28 heavy (non-hydrogen) atoms. The van der Waals surface area contributed by atoms with Crippen LogP contribution in [0.5, 0.6) is 0 Å². The van der Waals surface area contributed by atoms with Crippen molar-refractivity contribution in [3.8, 4) is 0 Å². The van der Waals surface area contributed by atoms with E-state index in [-0.39, 0.29) is 11.9 Å². The SMILES string of the molecule is C=C(CC(C)(C(=O)OC)c1ccc(CC2CCCC2=O)cc1)c1ccccc1. The van der Waals surface area contributed by atoms with Crippen LogP contribution in [-0.4, -0.2) is 18.9 Å². The Morgan fingerprint density at radius 2 is 1.82 bits per heavy atom.